The summed E-state index contributed by atoms with van der Waals surface area (Å²) in [6, 6.07) is 7.75. The first-order chi connectivity index (χ1) is 12.9. The highest BCUT2D eigenvalue weighted by molar-refractivity contribution is 6.30. The van der Waals surface area contributed by atoms with Crippen LogP contribution in [0.3, 0.4) is 0 Å². The average Bonchev–Trinajstić information content (AvgIpc) is 3.11. The Morgan fingerprint density at radius 3 is 2.70 bits per heavy atom. The minimum atomic E-state index is 0.0923. The Bertz CT molecular complexity index is 848. The number of carbonyl (C=O) groups excluding carboxylic acids is 1. The van der Waals surface area contributed by atoms with Gasteiger partial charge in [0.1, 0.15) is 5.15 Å². The molecule has 0 bridgehead atoms. The minimum absolute atomic E-state index is 0.0923. The Morgan fingerprint density at radius 1 is 1.22 bits per heavy atom. The Labute approximate surface area is 169 Å². The maximum atomic E-state index is 11.7. The lowest BCUT2D eigenvalue weighted by Crippen LogP contribution is -2.44. The van der Waals surface area contributed by atoms with Gasteiger partial charge in [0.15, 0.2) is 0 Å². The molecule has 1 atom stereocenters. The predicted molar refractivity (Wildman–Crippen MR) is 107 cm³/mol. The van der Waals surface area contributed by atoms with E-state index in [1.165, 1.54) is 0 Å². The van der Waals surface area contributed by atoms with Crippen molar-refractivity contribution < 1.29 is 4.79 Å². The van der Waals surface area contributed by atoms with Crippen LogP contribution >= 0.6 is 23.2 Å². The van der Waals surface area contributed by atoms with Crippen molar-refractivity contribution in [2.75, 3.05) is 19.6 Å². The number of rotatable bonds is 4. The lowest BCUT2D eigenvalue weighted by molar-refractivity contribution is -0.119. The number of likely N-dealkylation sites (tertiary alicyclic amines) is 1. The molecule has 0 radical (unpaired) electrons. The molecule has 1 aromatic heterocycles. The maximum absolute atomic E-state index is 11.7. The molecule has 2 aromatic rings. The predicted octanol–water partition coefficient (Wildman–Crippen LogP) is 3.65. The normalized spacial score (nSPS) is 23.1. The highest BCUT2D eigenvalue weighted by atomic mass is 35.5. The maximum Gasteiger partial charge on any atom is 0.220 e. The van der Waals surface area contributed by atoms with Crippen LogP contribution in [0.2, 0.25) is 10.2 Å². The van der Waals surface area contributed by atoms with Crippen molar-refractivity contribution in [2.24, 2.45) is 5.41 Å². The summed E-state index contributed by atoms with van der Waals surface area (Å²) in [6.45, 7) is 6.18. The first kappa shape index (κ1) is 18.8. The number of hydrogen-bond donors (Lipinski definition) is 1. The number of halogens is 2. The Morgan fingerprint density at radius 2 is 2.00 bits per heavy atom. The third-order valence-electron chi connectivity index (χ3n) is 5.75. The number of nitrogens with one attached hydrogen (secondary N) is 1. The van der Waals surface area contributed by atoms with E-state index in [1.807, 2.05) is 35.9 Å². The summed E-state index contributed by atoms with van der Waals surface area (Å²) >= 11 is 12.7. The van der Waals surface area contributed by atoms with Gasteiger partial charge in [-0.25, -0.2) is 4.68 Å². The Kier molecular flexibility index (Phi) is 5.19. The van der Waals surface area contributed by atoms with E-state index in [-0.39, 0.29) is 11.3 Å². The molecule has 7 heteroatoms. The second-order valence-corrected chi connectivity index (χ2v) is 8.70. The monoisotopic (exact) mass is 406 g/mol. The molecule has 2 saturated heterocycles. The van der Waals surface area contributed by atoms with E-state index in [9.17, 15) is 4.79 Å². The summed E-state index contributed by atoms with van der Waals surface area (Å²) in [5, 5.41) is 9.08. The number of benzene rings is 1. The van der Waals surface area contributed by atoms with Crippen molar-refractivity contribution in [3.63, 3.8) is 0 Å². The molecule has 144 valence electrons. The van der Waals surface area contributed by atoms with Gasteiger partial charge in [-0.2, -0.15) is 5.10 Å². The van der Waals surface area contributed by atoms with Crippen LogP contribution in [0.4, 0.5) is 0 Å². The Balaban J connectivity index is 1.48. The molecule has 3 heterocycles. The van der Waals surface area contributed by atoms with Gasteiger partial charge in [-0.1, -0.05) is 35.3 Å². The fourth-order valence-electron chi connectivity index (χ4n) is 4.35. The molecule has 4 rings (SSSR count). The van der Waals surface area contributed by atoms with Crippen molar-refractivity contribution in [1.82, 2.24) is 20.0 Å². The van der Waals surface area contributed by atoms with Crippen molar-refractivity contribution in [2.45, 2.75) is 39.3 Å². The fourth-order valence-corrected chi connectivity index (χ4v) is 4.77. The van der Waals surface area contributed by atoms with Gasteiger partial charge in [0, 0.05) is 42.1 Å². The zero-order chi connectivity index (χ0) is 19.0. The van der Waals surface area contributed by atoms with E-state index in [0.717, 1.165) is 60.9 Å². The summed E-state index contributed by atoms with van der Waals surface area (Å²) in [5.74, 6) is 0.182. The molecular weight excluding hydrogens is 383 g/mol. The summed E-state index contributed by atoms with van der Waals surface area (Å²) in [5.41, 5.74) is 3.26. The molecule has 1 aromatic carbocycles. The molecule has 2 aliphatic heterocycles. The first-order valence-electron chi connectivity index (χ1n) is 9.39. The zero-order valence-corrected chi connectivity index (χ0v) is 17.0. The molecular formula is C20H24Cl2N4O. The van der Waals surface area contributed by atoms with Gasteiger partial charge >= 0.3 is 0 Å². The quantitative estimate of drug-likeness (QED) is 0.842. The van der Waals surface area contributed by atoms with Crippen LogP contribution in [-0.2, 0) is 17.9 Å². The van der Waals surface area contributed by atoms with Crippen molar-refractivity contribution in [3.05, 3.63) is 51.3 Å². The number of carbonyl (C=O) groups is 1. The van der Waals surface area contributed by atoms with Crippen LogP contribution in [0.5, 0.6) is 0 Å². The molecule has 2 fully saturated rings. The van der Waals surface area contributed by atoms with Gasteiger partial charge in [-0.15, -0.1) is 0 Å². The van der Waals surface area contributed by atoms with E-state index in [0.29, 0.717) is 18.1 Å². The zero-order valence-electron chi connectivity index (χ0n) is 15.5. The van der Waals surface area contributed by atoms with Gasteiger partial charge in [0.05, 0.1) is 12.2 Å². The van der Waals surface area contributed by atoms with Crippen LogP contribution in [0.1, 0.15) is 36.1 Å². The third kappa shape index (κ3) is 4.00. The molecule has 1 unspecified atom stereocenters. The van der Waals surface area contributed by atoms with Crippen LogP contribution in [0.25, 0.3) is 0 Å². The molecule has 2 aliphatic rings. The SMILES string of the molecule is Cc1nn(Cc2ccc(Cl)cc2)c(Cl)c1CN1CCCC2(CNC(=O)C2)C1. The summed E-state index contributed by atoms with van der Waals surface area (Å²) in [6.07, 6.45) is 2.88. The van der Waals surface area contributed by atoms with E-state index in [4.69, 9.17) is 23.2 Å². The fraction of sp³-hybridized carbons (Fsp3) is 0.500. The van der Waals surface area contributed by atoms with E-state index < -0.39 is 0 Å². The summed E-state index contributed by atoms with van der Waals surface area (Å²) < 4.78 is 1.86. The average molecular weight is 407 g/mol. The van der Waals surface area contributed by atoms with Crippen LogP contribution in [-0.4, -0.2) is 40.2 Å². The molecule has 1 N–H and O–H groups in total. The number of nitrogens with zero attached hydrogens (tertiary/aromatic N) is 3. The topological polar surface area (TPSA) is 50.2 Å². The number of piperidine rings is 1. The lowest BCUT2D eigenvalue weighted by atomic mass is 9.79. The van der Waals surface area contributed by atoms with Gasteiger partial charge in [0.25, 0.3) is 0 Å². The summed E-state index contributed by atoms with van der Waals surface area (Å²) in [7, 11) is 0. The van der Waals surface area contributed by atoms with E-state index in [1.54, 1.807) is 0 Å². The van der Waals surface area contributed by atoms with Crippen LogP contribution in [0, 0.1) is 12.3 Å². The van der Waals surface area contributed by atoms with E-state index in [2.05, 4.69) is 15.3 Å². The number of hydrogen-bond acceptors (Lipinski definition) is 3. The van der Waals surface area contributed by atoms with Gasteiger partial charge in [-0.05, 0) is 44.0 Å². The first-order valence-corrected chi connectivity index (χ1v) is 10.1. The third-order valence-corrected chi connectivity index (χ3v) is 6.42. The molecule has 0 aliphatic carbocycles. The van der Waals surface area contributed by atoms with Crippen molar-refractivity contribution >= 4 is 29.1 Å². The van der Waals surface area contributed by atoms with Crippen LogP contribution < -0.4 is 5.32 Å². The highest BCUT2D eigenvalue weighted by Crippen LogP contribution is 2.37. The molecule has 27 heavy (non-hydrogen) atoms. The van der Waals surface area contributed by atoms with Gasteiger partial charge < -0.3 is 5.32 Å². The molecule has 1 spiro atoms. The molecule has 5 nitrogen and oxygen atoms in total. The standard InChI is InChI=1S/C20H24Cl2N4O/c1-14-17(11-25-8-2-7-20(13-25)9-18(27)23-12-20)19(22)26(24-14)10-15-3-5-16(21)6-4-15/h3-6H,2,7-13H2,1H3,(H,23,27). The van der Waals surface area contributed by atoms with Crippen molar-refractivity contribution in [3.8, 4) is 0 Å². The van der Waals surface area contributed by atoms with E-state index >= 15 is 0 Å². The van der Waals surface area contributed by atoms with Gasteiger partial charge in [0.2, 0.25) is 5.91 Å². The lowest BCUT2D eigenvalue weighted by Gasteiger charge is -2.39. The van der Waals surface area contributed by atoms with Gasteiger partial charge in [-0.3, -0.25) is 9.69 Å². The Hall–Kier alpha value is -1.56. The minimum Gasteiger partial charge on any atom is -0.355 e. The number of aryl methyl sites for hydroxylation is 1. The van der Waals surface area contributed by atoms with Crippen LogP contribution in [0.15, 0.2) is 24.3 Å². The summed E-state index contributed by atoms with van der Waals surface area (Å²) in [4.78, 5) is 14.1. The molecule has 1 amide bonds. The number of amides is 1. The molecule has 0 saturated carbocycles. The second-order valence-electron chi connectivity index (χ2n) is 7.91. The number of aromatic nitrogens is 2. The largest absolute Gasteiger partial charge is 0.355 e. The van der Waals surface area contributed by atoms with Crippen molar-refractivity contribution in [1.29, 1.82) is 0 Å². The highest BCUT2D eigenvalue weighted by Gasteiger charge is 2.41. The smallest absolute Gasteiger partial charge is 0.220 e. The second kappa shape index (κ2) is 7.46.